The predicted octanol–water partition coefficient (Wildman–Crippen LogP) is 2.42. The van der Waals surface area contributed by atoms with Crippen molar-refractivity contribution in [1.82, 2.24) is 9.97 Å². The molecule has 0 amide bonds. The molecule has 0 bridgehead atoms. The van der Waals surface area contributed by atoms with Crippen molar-refractivity contribution in [2.45, 2.75) is 0 Å². The maximum absolute atomic E-state index is 13.2. The molecule has 2 rings (SSSR count). The number of pyridine rings is 2. The van der Waals surface area contributed by atoms with E-state index in [4.69, 9.17) is 0 Å². The van der Waals surface area contributed by atoms with Crippen LogP contribution in [0.3, 0.4) is 0 Å². The van der Waals surface area contributed by atoms with Crippen LogP contribution in [-0.2, 0) is 0 Å². The zero-order chi connectivity index (χ0) is 9.97. The summed E-state index contributed by atoms with van der Waals surface area (Å²) in [4.78, 5) is 7.00. The Morgan fingerprint density at radius 3 is 2.36 bits per heavy atom. The average molecular weight is 192 g/mol. The minimum absolute atomic E-state index is 0.194. The molecule has 14 heavy (non-hydrogen) atoms. The fourth-order valence-corrected chi connectivity index (χ4v) is 1.17. The Bertz CT molecular complexity index is 443. The first kappa shape index (κ1) is 8.74. The summed E-state index contributed by atoms with van der Waals surface area (Å²) in [6.45, 7) is 0. The number of hydrogen-bond donors (Lipinski definition) is 0. The van der Waals surface area contributed by atoms with Crippen molar-refractivity contribution in [1.29, 1.82) is 0 Å². The third-order valence-electron chi connectivity index (χ3n) is 1.84. The molecule has 0 saturated heterocycles. The van der Waals surface area contributed by atoms with Crippen LogP contribution in [0, 0.1) is 11.8 Å². The first-order chi connectivity index (χ1) is 6.79. The van der Waals surface area contributed by atoms with Crippen molar-refractivity contribution in [3.8, 4) is 11.1 Å². The van der Waals surface area contributed by atoms with Crippen molar-refractivity contribution < 1.29 is 8.78 Å². The first-order valence-corrected chi connectivity index (χ1v) is 3.99. The molecule has 0 unspecified atom stereocenters. The smallest absolute Gasteiger partial charge is 0.249 e. The quantitative estimate of drug-likeness (QED) is 0.648. The number of nitrogens with zero attached hydrogens (tertiary/aromatic N) is 2. The molecule has 0 aliphatic carbocycles. The topological polar surface area (TPSA) is 25.8 Å². The molecule has 0 aliphatic heterocycles. The Hall–Kier alpha value is -1.84. The standard InChI is InChI=1S/C10H6F2N2/c11-9-8(3-6-14-10(9)12)7-1-4-13-5-2-7/h1-6H. The summed E-state index contributed by atoms with van der Waals surface area (Å²) in [5.41, 5.74) is 0.777. The number of halogens is 2. The Labute approximate surface area is 79.3 Å². The van der Waals surface area contributed by atoms with Crippen LogP contribution in [-0.4, -0.2) is 9.97 Å². The molecule has 0 saturated carbocycles. The minimum Gasteiger partial charge on any atom is -0.265 e. The minimum atomic E-state index is -1.08. The monoisotopic (exact) mass is 192 g/mol. The summed E-state index contributed by atoms with van der Waals surface area (Å²) in [5.74, 6) is -2.02. The van der Waals surface area contributed by atoms with Crippen molar-refractivity contribution in [3.05, 3.63) is 48.6 Å². The van der Waals surface area contributed by atoms with Crippen molar-refractivity contribution in [3.63, 3.8) is 0 Å². The Morgan fingerprint density at radius 1 is 0.929 bits per heavy atom. The van der Waals surface area contributed by atoms with Crippen LogP contribution < -0.4 is 0 Å². The van der Waals surface area contributed by atoms with Gasteiger partial charge in [-0.1, -0.05) is 0 Å². The van der Waals surface area contributed by atoms with Crippen LogP contribution in [0.1, 0.15) is 0 Å². The van der Waals surface area contributed by atoms with Crippen LogP contribution in [0.25, 0.3) is 11.1 Å². The molecule has 0 spiro atoms. The van der Waals surface area contributed by atoms with E-state index in [0.717, 1.165) is 0 Å². The lowest BCUT2D eigenvalue weighted by atomic mass is 10.1. The van der Waals surface area contributed by atoms with E-state index in [2.05, 4.69) is 9.97 Å². The molecule has 2 aromatic rings. The second kappa shape index (κ2) is 3.49. The molecule has 0 atom stereocenters. The molecule has 0 N–H and O–H groups in total. The molecule has 0 fully saturated rings. The maximum atomic E-state index is 13.2. The number of rotatable bonds is 1. The van der Waals surface area contributed by atoms with Gasteiger partial charge in [-0.05, 0) is 23.8 Å². The normalized spacial score (nSPS) is 10.1. The number of aromatic nitrogens is 2. The highest BCUT2D eigenvalue weighted by Crippen LogP contribution is 2.21. The van der Waals surface area contributed by atoms with E-state index >= 15 is 0 Å². The van der Waals surface area contributed by atoms with Gasteiger partial charge in [0.2, 0.25) is 5.95 Å². The van der Waals surface area contributed by atoms with Crippen molar-refractivity contribution in [2.75, 3.05) is 0 Å². The first-order valence-electron chi connectivity index (χ1n) is 3.99. The lowest BCUT2D eigenvalue weighted by Gasteiger charge is -2.01. The fourth-order valence-electron chi connectivity index (χ4n) is 1.17. The third-order valence-corrected chi connectivity index (χ3v) is 1.84. The fraction of sp³-hybridized carbons (Fsp3) is 0. The SMILES string of the molecule is Fc1nccc(-c2ccncc2)c1F. The van der Waals surface area contributed by atoms with Crippen LogP contribution in [0.5, 0.6) is 0 Å². The zero-order valence-corrected chi connectivity index (χ0v) is 7.11. The van der Waals surface area contributed by atoms with Gasteiger partial charge < -0.3 is 0 Å². The average Bonchev–Trinajstić information content (AvgIpc) is 2.23. The number of hydrogen-bond acceptors (Lipinski definition) is 2. The van der Waals surface area contributed by atoms with Crippen molar-refractivity contribution >= 4 is 0 Å². The van der Waals surface area contributed by atoms with Crippen LogP contribution in [0.15, 0.2) is 36.8 Å². The van der Waals surface area contributed by atoms with Gasteiger partial charge in [-0.2, -0.15) is 4.39 Å². The summed E-state index contributed by atoms with van der Waals surface area (Å²) < 4.78 is 26.0. The van der Waals surface area contributed by atoms with Gasteiger partial charge in [0.1, 0.15) is 0 Å². The second-order valence-electron chi connectivity index (χ2n) is 2.70. The molecule has 0 aromatic carbocycles. The van der Waals surface area contributed by atoms with Gasteiger partial charge >= 0.3 is 0 Å². The highest BCUT2D eigenvalue weighted by molar-refractivity contribution is 5.62. The lowest BCUT2D eigenvalue weighted by Crippen LogP contribution is -1.92. The second-order valence-corrected chi connectivity index (χ2v) is 2.70. The molecule has 0 aliphatic rings. The molecule has 70 valence electrons. The summed E-state index contributed by atoms with van der Waals surface area (Å²) >= 11 is 0. The van der Waals surface area contributed by atoms with Crippen LogP contribution in [0.2, 0.25) is 0 Å². The Kier molecular flexibility index (Phi) is 2.18. The molecule has 2 aromatic heterocycles. The Balaban J connectivity index is 2.58. The predicted molar refractivity (Wildman–Crippen MR) is 47.4 cm³/mol. The van der Waals surface area contributed by atoms with E-state index in [0.29, 0.717) is 5.56 Å². The lowest BCUT2D eigenvalue weighted by molar-refractivity contribution is 0.482. The van der Waals surface area contributed by atoms with E-state index in [-0.39, 0.29) is 5.56 Å². The summed E-state index contributed by atoms with van der Waals surface area (Å²) in [6.07, 6.45) is 4.27. The van der Waals surface area contributed by atoms with Gasteiger partial charge in [0.15, 0.2) is 5.82 Å². The third kappa shape index (κ3) is 1.46. The molecular formula is C10H6F2N2. The molecular weight excluding hydrogens is 186 g/mol. The van der Waals surface area contributed by atoms with E-state index in [1.54, 1.807) is 12.1 Å². The Morgan fingerprint density at radius 2 is 1.64 bits per heavy atom. The van der Waals surface area contributed by atoms with Crippen LogP contribution in [0.4, 0.5) is 8.78 Å². The van der Waals surface area contributed by atoms with E-state index in [1.807, 2.05) is 0 Å². The summed E-state index contributed by atoms with van der Waals surface area (Å²) in [5, 5.41) is 0. The molecule has 2 heterocycles. The highest BCUT2D eigenvalue weighted by atomic mass is 19.2. The van der Waals surface area contributed by atoms with Gasteiger partial charge in [-0.3, -0.25) is 4.98 Å². The largest absolute Gasteiger partial charge is 0.265 e. The van der Waals surface area contributed by atoms with Crippen molar-refractivity contribution in [2.24, 2.45) is 0 Å². The summed E-state index contributed by atoms with van der Waals surface area (Å²) in [6, 6.07) is 4.64. The highest BCUT2D eigenvalue weighted by Gasteiger charge is 2.09. The van der Waals surface area contributed by atoms with Crippen LogP contribution >= 0.6 is 0 Å². The van der Waals surface area contributed by atoms with E-state index < -0.39 is 11.8 Å². The maximum Gasteiger partial charge on any atom is 0.249 e. The van der Waals surface area contributed by atoms with E-state index in [9.17, 15) is 8.78 Å². The van der Waals surface area contributed by atoms with E-state index in [1.165, 1.54) is 24.7 Å². The molecule has 0 radical (unpaired) electrons. The van der Waals surface area contributed by atoms with Gasteiger partial charge in [0.05, 0.1) is 0 Å². The van der Waals surface area contributed by atoms with Gasteiger partial charge in [-0.25, -0.2) is 9.37 Å². The molecule has 2 nitrogen and oxygen atoms in total. The zero-order valence-electron chi connectivity index (χ0n) is 7.11. The van der Waals surface area contributed by atoms with Gasteiger partial charge in [0, 0.05) is 24.2 Å². The summed E-state index contributed by atoms with van der Waals surface area (Å²) in [7, 11) is 0. The van der Waals surface area contributed by atoms with Gasteiger partial charge in [-0.15, -0.1) is 0 Å². The van der Waals surface area contributed by atoms with Gasteiger partial charge in [0.25, 0.3) is 0 Å². The molecule has 4 heteroatoms.